The molecule has 0 atom stereocenters. The van der Waals surface area contributed by atoms with Crippen molar-refractivity contribution in [3.63, 3.8) is 0 Å². The van der Waals surface area contributed by atoms with Crippen molar-refractivity contribution in [3.8, 4) is 0 Å². The zero-order valence-corrected chi connectivity index (χ0v) is 15.0. The molecule has 0 unspecified atom stereocenters. The van der Waals surface area contributed by atoms with Gasteiger partial charge in [-0.1, -0.05) is 23.9 Å². The molecule has 0 aliphatic carbocycles. The number of amides is 2. The Balaban J connectivity index is 2.08. The maximum absolute atomic E-state index is 12.1. The Labute approximate surface area is 142 Å². The predicted octanol–water partition coefficient (Wildman–Crippen LogP) is 4.35. The van der Waals surface area contributed by atoms with Gasteiger partial charge in [0.05, 0.1) is 23.2 Å². The summed E-state index contributed by atoms with van der Waals surface area (Å²) in [6.07, 6.45) is -1.49. The number of fused-ring (bicyclic) bond motifs is 1. The first-order chi connectivity index (χ1) is 10.8. The van der Waals surface area contributed by atoms with E-state index in [1.807, 2.05) is 24.3 Å². The van der Waals surface area contributed by atoms with E-state index in [9.17, 15) is 9.59 Å². The number of carbonyl (C=O) groups excluding carboxylic acids is 2. The maximum atomic E-state index is 12.1. The average Bonchev–Trinajstić information content (AvgIpc) is 2.87. The Kier molecular flexibility index (Phi) is 5.48. The summed E-state index contributed by atoms with van der Waals surface area (Å²) in [4.78, 5) is 29.3. The van der Waals surface area contributed by atoms with E-state index in [2.05, 4.69) is 9.72 Å². The molecule has 8 heteroatoms. The van der Waals surface area contributed by atoms with Crippen LogP contribution < -0.4 is 0 Å². The van der Waals surface area contributed by atoms with Crippen LogP contribution in [-0.2, 0) is 9.47 Å². The van der Waals surface area contributed by atoms with E-state index in [-0.39, 0.29) is 5.88 Å². The van der Waals surface area contributed by atoms with E-state index < -0.39 is 17.8 Å². The van der Waals surface area contributed by atoms with Crippen LogP contribution in [0.2, 0.25) is 0 Å². The zero-order valence-electron chi connectivity index (χ0n) is 13.4. The number of para-hydroxylation sites is 1. The van der Waals surface area contributed by atoms with Crippen molar-refractivity contribution in [1.82, 2.24) is 9.88 Å². The second kappa shape index (κ2) is 7.18. The molecule has 0 N–H and O–H groups in total. The fourth-order valence-corrected chi connectivity index (χ4v) is 3.61. The Morgan fingerprint density at radius 2 is 1.96 bits per heavy atom. The van der Waals surface area contributed by atoms with Crippen LogP contribution in [0.25, 0.3) is 10.2 Å². The number of carbonyl (C=O) groups is 2. The number of thioether (sulfide) groups is 1. The molecule has 0 aliphatic rings. The summed E-state index contributed by atoms with van der Waals surface area (Å²) in [5, 5.41) is 0. The highest BCUT2D eigenvalue weighted by Gasteiger charge is 2.28. The van der Waals surface area contributed by atoms with Crippen LogP contribution in [0.4, 0.5) is 9.59 Å². The Morgan fingerprint density at radius 3 is 2.57 bits per heavy atom. The molecule has 124 valence electrons. The lowest BCUT2D eigenvalue weighted by molar-refractivity contribution is 0.0282. The van der Waals surface area contributed by atoms with Crippen molar-refractivity contribution >= 4 is 45.5 Å². The molecule has 0 saturated heterocycles. The molecule has 2 rings (SSSR count). The second-order valence-corrected chi connectivity index (χ2v) is 7.82. The predicted molar refractivity (Wildman–Crippen MR) is 90.8 cm³/mol. The lowest BCUT2D eigenvalue weighted by atomic mass is 10.2. The maximum Gasteiger partial charge on any atom is 0.420 e. The molecule has 2 amide bonds. The number of methoxy groups -OCH3 is 1. The number of thiazole rings is 1. The Morgan fingerprint density at radius 1 is 1.26 bits per heavy atom. The van der Waals surface area contributed by atoms with Gasteiger partial charge in [0.1, 0.15) is 5.60 Å². The molecule has 0 saturated carbocycles. The summed E-state index contributed by atoms with van der Waals surface area (Å²) >= 11 is 2.79. The van der Waals surface area contributed by atoms with Gasteiger partial charge in [-0.25, -0.2) is 19.5 Å². The lowest BCUT2D eigenvalue weighted by Gasteiger charge is -2.24. The van der Waals surface area contributed by atoms with E-state index >= 15 is 0 Å². The summed E-state index contributed by atoms with van der Waals surface area (Å²) < 4.78 is 11.7. The number of nitrogens with zero attached hydrogens (tertiary/aromatic N) is 2. The van der Waals surface area contributed by atoms with Gasteiger partial charge in [0.15, 0.2) is 4.34 Å². The van der Waals surface area contributed by atoms with Crippen LogP contribution in [0, 0.1) is 0 Å². The van der Waals surface area contributed by atoms with Crippen LogP contribution in [0.3, 0.4) is 0 Å². The number of rotatable bonds is 3. The summed E-state index contributed by atoms with van der Waals surface area (Å²) in [7, 11) is 1.22. The molecule has 6 nitrogen and oxygen atoms in total. The van der Waals surface area contributed by atoms with Crippen molar-refractivity contribution in [3.05, 3.63) is 24.3 Å². The van der Waals surface area contributed by atoms with E-state index in [1.165, 1.54) is 30.2 Å². The van der Waals surface area contributed by atoms with Gasteiger partial charge >= 0.3 is 12.2 Å². The van der Waals surface area contributed by atoms with Gasteiger partial charge in [-0.2, -0.15) is 0 Å². The van der Waals surface area contributed by atoms with Crippen molar-refractivity contribution in [2.24, 2.45) is 0 Å². The van der Waals surface area contributed by atoms with Gasteiger partial charge in [0, 0.05) is 0 Å². The number of hydrogen-bond acceptors (Lipinski definition) is 7. The second-order valence-electron chi connectivity index (χ2n) is 5.60. The summed E-state index contributed by atoms with van der Waals surface area (Å²) in [5.74, 6) is 0.0708. The van der Waals surface area contributed by atoms with E-state index in [0.717, 1.165) is 19.5 Å². The standard InChI is InChI=1S/C15H18N2O4S2/c1-15(2,3)21-14(19)17(13(18)20-4)9-22-12-16-10-7-5-6-8-11(10)23-12/h5-8H,9H2,1-4H3. The minimum absolute atomic E-state index is 0.0708. The topological polar surface area (TPSA) is 68.7 Å². The van der Waals surface area contributed by atoms with Crippen LogP contribution >= 0.6 is 23.1 Å². The molecule has 2 aromatic rings. The lowest BCUT2D eigenvalue weighted by Crippen LogP contribution is -2.40. The van der Waals surface area contributed by atoms with Gasteiger partial charge in [0.25, 0.3) is 0 Å². The van der Waals surface area contributed by atoms with Gasteiger partial charge in [0.2, 0.25) is 0 Å². The highest BCUT2D eigenvalue weighted by atomic mass is 32.2. The average molecular weight is 354 g/mol. The Bertz CT molecular complexity index is 676. The van der Waals surface area contributed by atoms with Gasteiger partial charge < -0.3 is 9.47 Å². The van der Waals surface area contributed by atoms with Crippen molar-refractivity contribution in [1.29, 1.82) is 0 Å². The van der Waals surface area contributed by atoms with Gasteiger partial charge in [-0.3, -0.25) is 0 Å². The first-order valence-electron chi connectivity index (χ1n) is 6.87. The highest BCUT2D eigenvalue weighted by molar-refractivity contribution is 8.01. The Hall–Kier alpha value is -1.80. The number of aromatic nitrogens is 1. The molecule has 1 aromatic carbocycles. The zero-order chi connectivity index (χ0) is 17.0. The summed E-state index contributed by atoms with van der Waals surface area (Å²) in [6, 6.07) is 7.75. The van der Waals surface area contributed by atoms with Crippen LogP contribution in [0.1, 0.15) is 20.8 Å². The van der Waals surface area contributed by atoms with Crippen molar-refractivity contribution < 1.29 is 19.1 Å². The number of ether oxygens (including phenoxy) is 2. The number of hydrogen-bond donors (Lipinski definition) is 0. The fraction of sp³-hybridized carbons (Fsp3) is 0.400. The van der Waals surface area contributed by atoms with Gasteiger partial charge in [-0.15, -0.1) is 11.3 Å². The molecule has 0 fully saturated rings. The summed E-state index contributed by atoms with van der Waals surface area (Å²) in [6.45, 7) is 5.21. The van der Waals surface area contributed by atoms with Crippen LogP contribution in [0.5, 0.6) is 0 Å². The van der Waals surface area contributed by atoms with Crippen LogP contribution in [-0.4, -0.2) is 40.7 Å². The molecular formula is C15H18N2O4S2. The monoisotopic (exact) mass is 354 g/mol. The van der Waals surface area contributed by atoms with Crippen LogP contribution in [0.15, 0.2) is 28.6 Å². The third kappa shape index (κ3) is 4.84. The number of imide groups is 1. The van der Waals surface area contributed by atoms with E-state index in [4.69, 9.17) is 4.74 Å². The number of benzene rings is 1. The molecule has 23 heavy (non-hydrogen) atoms. The summed E-state index contributed by atoms with van der Waals surface area (Å²) in [5.41, 5.74) is 0.200. The molecule has 0 radical (unpaired) electrons. The van der Waals surface area contributed by atoms with Crippen molar-refractivity contribution in [2.45, 2.75) is 30.7 Å². The highest BCUT2D eigenvalue weighted by Crippen LogP contribution is 2.30. The normalized spacial score (nSPS) is 11.3. The smallest absolute Gasteiger partial charge is 0.420 e. The quantitative estimate of drug-likeness (QED) is 0.603. The molecule has 0 spiro atoms. The molecule has 0 bridgehead atoms. The largest absolute Gasteiger partial charge is 0.452 e. The SMILES string of the molecule is COC(=O)N(CSc1nc2ccccc2s1)C(=O)OC(C)(C)C. The molecule has 0 aliphatic heterocycles. The third-order valence-corrected chi connectivity index (χ3v) is 4.76. The minimum Gasteiger partial charge on any atom is -0.452 e. The molecule has 1 aromatic heterocycles. The van der Waals surface area contributed by atoms with E-state index in [0.29, 0.717) is 0 Å². The molecular weight excluding hydrogens is 336 g/mol. The molecule has 1 heterocycles. The first kappa shape index (κ1) is 17.6. The first-order valence-corrected chi connectivity index (χ1v) is 8.67. The van der Waals surface area contributed by atoms with Gasteiger partial charge in [-0.05, 0) is 32.9 Å². The van der Waals surface area contributed by atoms with E-state index in [1.54, 1.807) is 20.8 Å². The minimum atomic E-state index is -0.757. The third-order valence-electron chi connectivity index (χ3n) is 2.60. The van der Waals surface area contributed by atoms with Crippen molar-refractivity contribution in [2.75, 3.05) is 13.0 Å². The fourth-order valence-electron chi connectivity index (χ4n) is 1.64.